The molecule has 2 unspecified atom stereocenters. The molecule has 1 aromatic rings. The molecule has 1 aliphatic carbocycles. The maximum absolute atomic E-state index is 5.99. The smallest absolute Gasteiger partial charge is 0.218 e. The van der Waals surface area contributed by atoms with Crippen LogP contribution in [0.5, 0.6) is 5.88 Å². The van der Waals surface area contributed by atoms with E-state index in [1.54, 1.807) is 6.20 Å². The van der Waals surface area contributed by atoms with Gasteiger partial charge in [-0.2, -0.15) is 0 Å². The number of hydrogen-bond donors (Lipinski definition) is 0. The number of nitrogens with zero attached hydrogens (tertiary/aromatic N) is 1. The Labute approximate surface area is 116 Å². The lowest BCUT2D eigenvalue weighted by atomic mass is 9.89. The van der Waals surface area contributed by atoms with Crippen molar-refractivity contribution in [2.45, 2.75) is 44.6 Å². The summed E-state index contributed by atoms with van der Waals surface area (Å²) in [6, 6.07) is 1.97. The van der Waals surface area contributed by atoms with Crippen LogP contribution in [0, 0.1) is 5.92 Å². The van der Waals surface area contributed by atoms with E-state index in [1.807, 2.05) is 6.07 Å². The Balaban J connectivity index is 2.07. The van der Waals surface area contributed by atoms with Crippen LogP contribution in [0.15, 0.2) is 16.7 Å². The minimum atomic E-state index is 0.300. The van der Waals surface area contributed by atoms with Crippen LogP contribution in [0.3, 0.4) is 0 Å². The zero-order valence-electron chi connectivity index (χ0n) is 9.96. The molecule has 0 radical (unpaired) electrons. The third-order valence-electron chi connectivity index (χ3n) is 3.20. The van der Waals surface area contributed by atoms with E-state index in [0.717, 1.165) is 28.8 Å². The summed E-state index contributed by atoms with van der Waals surface area (Å²) in [5.41, 5.74) is 0.958. The lowest BCUT2D eigenvalue weighted by molar-refractivity contribution is 0.123. The monoisotopic (exact) mass is 317 g/mol. The average Bonchev–Trinajstić information content (AvgIpc) is 2.31. The van der Waals surface area contributed by atoms with E-state index < -0.39 is 0 Å². The number of pyridine rings is 1. The van der Waals surface area contributed by atoms with E-state index in [1.165, 1.54) is 12.8 Å². The van der Waals surface area contributed by atoms with Gasteiger partial charge in [0.05, 0.1) is 5.88 Å². The van der Waals surface area contributed by atoms with Gasteiger partial charge in [0.25, 0.3) is 0 Å². The summed E-state index contributed by atoms with van der Waals surface area (Å²) in [4.78, 5) is 4.31. The summed E-state index contributed by atoms with van der Waals surface area (Å²) >= 11 is 9.30. The first-order chi connectivity index (χ1) is 8.19. The first kappa shape index (κ1) is 13.2. The topological polar surface area (TPSA) is 22.1 Å². The van der Waals surface area contributed by atoms with Crippen molar-refractivity contribution in [3.8, 4) is 5.88 Å². The first-order valence-electron chi connectivity index (χ1n) is 6.06. The fourth-order valence-electron chi connectivity index (χ4n) is 2.31. The number of ether oxygens (including phenoxy) is 1. The maximum Gasteiger partial charge on any atom is 0.218 e. The second-order valence-corrected chi connectivity index (χ2v) is 5.95. The second-order valence-electron chi connectivity index (χ2n) is 4.76. The standard InChI is InChI=1S/C13H17BrClNO/c1-9-3-2-4-12(5-9)17-13-10(7-15)6-11(14)8-16-13/h6,8-9,12H,2-5,7H2,1H3. The van der Waals surface area contributed by atoms with Crippen molar-refractivity contribution < 1.29 is 4.74 Å². The lowest BCUT2D eigenvalue weighted by Crippen LogP contribution is -2.24. The Kier molecular flexibility index (Phi) is 4.69. The summed E-state index contributed by atoms with van der Waals surface area (Å²) in [7, 11) is 0. The van der Waals surface area contributed by atoms with E-state index >= 15 is 0 Å². The summed E-state index contributed by atoms with van der Waals surface area (Å²) in [6.07, 6.45) is 6.88. The van der Waals surface area contributed by atoms with Gasteiger partial charge in [0, 0.05) is 16.2 Å². The van der Waals surface area contributed by atoms with Crippen LogP contribution in [0.1, 0.15) is 38.2 Å². The number of hydrogen-bond acceptors (Lipinski definition) is 2. The van der Waals surface area contributed by atoms with Crippen LogP contribution >= 0.6 is 27.5 Å². The highest BCUT2D eigenvalue weighted by Crippen LogP contribution is 2.29. The van der Waals surface area contributed by atoms with Gasteiger partial charge in [-0.15, -0.1) is 11.6 Å². The molecule has 2 rings (SSSR count). The largest absolute Gasteiger partial charge is 0.474 e. The summed E-state index contributed by atoms with van der Waals surface area (Å²) in [5.74, 6) is 1.88. The third-order valence-corrected chi connectivity index (χ3v) is 3.92. The predicted octanol–water partition coefficient (Wildman–Crippen LogP) is 4.54. The van der Waals surface area contributed by atoms with E-state index in [-0.39, 0.29) is 0 Å². The van der Waals surface area contributed by atoms with Gasteiger partial charge in [0.2, 0.25) is 5.88 Å². The molecule has 2 atom stereocenters. The van der Waals surface area contributed by atoms with Crippen LogP contribution in [0.2, 0.25) is 0 Å². The summed E-state index contributed by atoms with van der Waals surface area (Å²) in [5, 5.41) is 0. The van der Waals surface area contributed by atoms with Crippen LogP contribution in [-0.4, -0.2) is 11.1 Å². The molecule has 17 heavy (non-hydrogen) atoms. The fraction of sp³-hybridized carbons (Fsp3) is 0.615. The van der Waals surface area contributed by atoms with Gasteiger partial charge < -0.3 is 4.74 Å². The Morgan fingerprint density at radius 1 is 1.53 bits per heavy atom. The number of halogens is 2. The van der Waals surface area contributed by atoms with E-state index in [0.29, 0.717) is 17.9 Å². The van der Waals surface area contributed by atoms with Gasteiger partial charge >= 0.3 is 0 Å². The zero-order chi connectivity index (χ0) is 12.3. The van der Waals surface area contributed by atoms with Crippen molar-refractivity contribution in [3.05, 3.63) is 22.3 Å². The molecular weight excluding hydrogens is 302 g/mol. The van der Waals surface area contributed by atoms with Crippen LogP contribution in [-0.2, 0) is 5.88 Å². The molecule has 1 aliphatic rings. The van der Waals surface area contributed by atoms with Crippen LogP contribution in [0.25, 0.3) is 0 Å². The molecular formula is C13H17BrClNO. The molecule has 1 saturated carbocycles. The van der Waals surface area contributed by atoms with Crippen molar-refractivity contribution in [1.82, 2.24) is 4.98 Å². The zero-order valence-corrected chi connectivity index (χ0v) is 12.3. The molecule has 1 aromatic heterocycles. The highest BCUT2D eigenvalue weighted by Gasteiger charge is 2.21. The van der Waals surface area contributed by atoms with Crippen molar-refractivity contribution in [3.63, 3.8) is 0 Å². The average molecular weight is 319 g/mol. The molecule has 94 valence electrons. The minimum Gasteiger partial charge on any atom is -0.474 e. The number of rotatable bonds is 3. The molecule has 4 heteroatoms. The molecule has 1 heterocycles. The molecule has 0 aromatic carbocycles. The van der Waals surface area contributed by atoms with Gasteiger partial charge in [-0.1, -0.05) is 13.3 Å². The Hall–Kier alpha value is -0.280. The molecule has 1 fully saturated rings. The molecule has 0 amide bonds. The Bertz CT molecular complexity index is 386. The van der Waals surface area contributed by atoms with Crippen LogP contribution < -0.4 is 4.74 Å². The third kappa shape index (κ3) is 3.59. The predicted molar refractivity (Wildman–Crippen MR) is 73.5 cm³/mol. The van der Waals surface area contributed by atoms with Gasteiger partial charge in [-0.05, 0) is 47.2 Å². The minimum absolute atomic E-state index is 0.300. The lowest BCUT2D eigenvalue weighted by Gasteiger charge is -2.27. The van der Waals surface area contributed by atoms with E-state index in [4.69, 9.17) is 16.3 Å². The van der Waals surface area contributed by atoms with E-state index in [2.05, 4.69) is 27.8 Å². The quantitative estimate of drug-likeness (QED) is 0.763. The molecule has 0 saturated heterocycles. The molecule has 0 aliphatic heterocycles. The van der Waals surface area contributed by atoms with Crippen molar-refractivity contribution >= 4 is 27.5 Å². The van der Waals surface area contributed by atoms with Gasteiger partial charge in [-0.3, -0.25) is 0 Å². The number of aromatic nitrogens is 1. The SMILES string of the molecule is CC1CCCC(Oc2ncc(Br)cc2CCl)C1. The van der Waals surface area contributed by atoms with E-state index in [9.17, 15) is 0 Å². The molecule has 0 bridgehead atoms. The highest BCUT2D eigenvalue weighted by molar-refractivity contribution is 9.10. The molecule has 0 N–H and O–H groups in total. The summed E-state index contributed by atoms with van der Waals surface area (Å²) < 4.78 is 6.93. The number of alkyl halides is 1. The normalized spacial score (nSPS) is 24.6. The molecule has 0 spiro atoms. The van der Waals surface area contributed by atoms with Gasteiger partial charge in [0.1, 0.15) is 6.10 Å². The molecule has 2 nitrogen and oxygen atoms in total. The highest BCUT2D eigenvalue weighted by atomic mass is 79.9. The fourth-order valence-corrected chi connectivity index (χ4v) is 2.88. The van der Waals surface area contributed by atoms with Gasteiger partial charge in [-0.25, -0.2) is 4.98 Å². The van der Waals surface area contributed by atoms with Crippen molar-refractivity contribution in [2.24, 2.45) is 5.92 Å². The van der Waals surface area contributed by atoms with Crippen molar-refractivity contribution in [2.75, 3.05) is 0 Å². The second kappa shape index (κ2) is 6.05. The Morgan fingerprint density at radius 3 is 3.06 bits per heavy atom. The van der Waals surface area contributed by atoms with Crippen LogP contribution in [0.4, 0.5) is 0 Å². The van der Waals surface area contributed by atoms with Crippen molar-refractivity contribution in [1.29, 1.82) is 0 Å². The Morgan fingerprint density at radius 2 is 2.35 bits per heavy atom. The first-order valence-corrected chi connectivity index (χ1v) is 7.39. The maximum atomic E-state index is 5.99. The van der Waals surface area contributed by atoms with Gasteiger partial charge in [0.15, 0.2) is 0 Å². The summed E-state index contributed by atoms with van der Waals surface area (Å²) in [6.45, 7) is 2.28.